The van der Waals surface area contributed by atoms with E-state index in [1.165, 1.54) is 11.3 Å². The first-order valence-electron chi connectivity index (χ1n) is 10.6. The van der Waals surface area contributed by atoms with Crippen molar-refractivity contribution in [3.05, 3.63) is 76.8 Å². The highest BCUT2D eigenvalue weighted by Gasteiger charge is 2.30. The number of likely N-dealkylation sites (tertiary alicyclic amines) is 1. The lowest BCUT2D eigenvalue weighted by atomic mass is 9.93. The fourth-order valence-corrected chi connectivity index (χ4v) is 5.75. The predicted molar refractivity (Wildman–Crippen MR) is 124 cm³/mol. The fraction of sp³-hybridized carbons (Fsp3) is 0.240. The number of rotatable bonds is 4. The molecule has 2 aromatic carbocycles. The zero-order valence-corrected chi connectivity index (χ0v) is 17.9. The minimum absolute atomic E-state index is 0.0310. The van der Waals surface area contributed by atoms with E-state index in [9.17, 15) is 9.59 Å². The van der Waals surface area contributed by atoms with Crippen LogP contribution in [0.5, 0.6) is 0 Å². The Morgan fingerprint density at radius 2 is 1.87 bits per heavy atom. The van der Waals surface area contributed by atoms with E-state index >= 15 is 0 Å². The van der Waals surface area contributed by atoms with Gasteiger partial charge in [-0.15, -0.1) is 11.3 Å². The fourth-order valence-electron chi connectivity index (χ4n) is 4.66. The summed E-state index contributed by atoms with van der Waals surface area (Å²) < 4.78 is 1.06. The van der Waals surface area contributed by atoms with Crippen LogP contribution in [0.15, 0.2) is 60.8 Å². The van der Waals surface area contributed by atoms with Crippen LogP contribution in [0.25, 0.3) is 21.0 Å². The van der Waals surface area contributed by atoms with Gasteiger partial charge in [-0.25, -0.2) is 0 Å². The van der Waals surface area contributed by atoms with Crippen molar-refractivity contribution < 1.29 is 9.59 Å². The van der Waals surface area contributed by atoms with Crippen molar-refractivity contribution in [2.45, 2.75) is 31.7 Å². The molecule has 31 heavy (non-hydrogen) atoms. The molecule has 0 saturated carbocycles. The summed E-state index contributed by atoms with van der Waals surface area (Å²) in [6, 6.07) is 17.6. The van der Waals surface area contributed by atoms with Gasteiger partial charge >= 0.3 is 0 Å². The normalized spacial score (nSPS) is 16.6. The lowest BCUT2D eigenvalue weighted by Gasteiger charge is -2.36. The van der Waals surface area contributed by atoms with Crippen LogP contribution in [0.2, 0.25) is 0 Å². The average molecular weight is 430 g/mol. The Hall–Kier alpha value is -3.25. The van der Waals surface area contributed by atoms with Crippen molar-refractivity contribution >= 4 is 44.1 Å². The summed E-state index contributed by atoms with van der Waals surface area (Å²) in [6.45, 7) is 0.716. The molecule has 1 aliphatic rings. The number of nitrogens with two attached hydrogens (primary N) is 1. The average Bonchev–Trinajstić information content (AvgIpc) is 3.17. The highest BCUT2D eigenvalue weighted by atomic mass is 32.1. The molecule has 0 radical (unpaired) electrons. The van der Waals surface area contributed by atoms with Crippen molar-refractivity contribution in [1.82, 2.24) is 9.88 Å². The number of primary amides is 1. The van der Waals surface area contributed by atoms with Gasteiger partial charge in [0.1, 0.15) is 0 Å². The summed E-state index contributed by atoms with van der Waals surface area (Å²) in [4.78, 5) is 32.8. The highest BCUT2D eigenvalue weighted by Crippen LogP contribution is 2.34. The second-order valence-corrected chi connectivity index (χ2v) is 9.05. The van der Waals surface area contributed by atoms with Crippen LogP contribution in [0.3, 0.4) is 0 Å². The molecule has 1 fully saturated rings. The molecular weight excluding hydrogens is 406 g/mol. The van der Waals surface area contributed by atoms with Gasteiger partial charge in [0.2, 0.25) is 0 Å². The molecule has 1 aliphatic heterocycles. The van der Waals surface area contributed by atoms with Crippen LogP contribution >= 0.6 is 11.3 Å². The molecule has 6 heteroatoms. The van der Waals surface area contributed by atoms with E-state index < -0.39 is 5.91 Å². The Morgan fingerprint density at radius 1 is 1.03 bits per heavy atom. The first kappa shape index (κ1) is 19.7. The highest BCUT2D eigenvalue weighted by molar-refractivity contribution is 7.21. The number of pyridine rings is 1. The molecule has 2 aromatic heterocycles. The molecule has 1 saturated heterocycles. The molecule has 2 N–H and O–H groups in total. The largest absolute Gasteiger partial charge is 0.365 e. The van der Waals surface area contributed by atoms with Gasteiger partial charge in [0.15, 0.2) is 0 Å². The Labute approximate surface area is 184 Å². The third-order valence-corrected chi connectivity index (χ3v) is 7.35. The third kappa shape index (κ3) is 3.57. The van der Waals surface area contributed by atoms with E-state index in [1.54, 1.807) is 6.20 Å². The number of aromatic nitrogens is 1. The molecule has 5 nitrogen and oxygen atoms in total. The molecule has 1 atom stereocenters. The maximum absolute atomic E-state index is 13.6. The van der Waals surface area contributed by atoms with Gasteiger partial charge < -0.3 is 10.6 Å². The van der Waals surface area contributed by atoms with Gasteiger partial charge in [0.25, 0.3) is 11.8 Å². The standard InChI is InChI=1S/C25H23N3O2S/c26-24(29)23-20(18-8-1-2-12-22(18)31-23)15-16-7-3-4-14-28(16)25(30)19-9-5-11-21-17(19)10-6-13-27-21/h1-2,5-6,8-13,16H,3-4,7,14-15H2,(H2,26,29). The third-order valence-electron chi connectivity index (χ3n) is 6.13. The molecule has 0 bridgehead atoms. The van der Waals surface area contributed by atoms with Crippen molar-refractivity contribution in [3.63, 3.8) is 0 Å². The Balaban J connectivity index is 1.52. The minimum Gasteiger partial charge on any atom is -0.365 e. The lowest BCUT2D eigenvalue weighted by Crippen LogP contribution is -2.45. The smallest absolute Gasteiger partial charge is 0.259 e. The topological polar surface area (TPSA) is 76.3 Å². The Morgan fingerprint density at radius 3 is 2.74 bits per heavy atom. The van der Waals surface area contributed by atoms with Gasteiger partial charge in [0, 0.05) is 34.4 Å². The molecule has 0 spiro atoms. The van der Waals surface area contributed by atoms with Crippen molar-refractivity contribution in [1.29, 1.82) is 0 Å². The zero-order chi connectivity index (χ0) is 21.4. The van der Waals surface area contributed by atoms with E-state index in [0.717, 1.165) is 45.8 Å². The second-order valence-electron chi connectivity index (χ2n) is 8.00. The van der Waals surface area contributed by atoms with Crippen LogP contribution in [0, 0.1) is 0 Å². The number of benzene rings is 2. The first-order chi connectivity index (χ1) is 15.1. The number of carbonyl (C=O) groups is 2. The number of nitrogens with zero attached hydrogens (tertiary/aromatic N) is 2. The van der Waals surface area contributed by atoms with Gasteiger partial charge in [0.05, 0.1) is 10.4 Å². The summed E-state index contributed by atoms with van der Waals surface area (Å²) in [7, 11) is 0. The maximum atomic E-state index is 13.6. The number of piperidine rings is 1. The van der Waals surface area contributed by atoms with Gasteiger partial charge in [-0.3, -0.25) is 14.6 Å². The Kier molecular flexibility index (Phi) is 5.16. The van der Waals surface area contributed by atoms with E-state index in [1.807, 2.05) is 59.5 Å². The molecular formula is C25H23N3O2S. The molecule has 3 heterocycles. The van der Waals surface area contributed by atoms with Gasteiger partial charge in [-0.05, 0) is 60.9 Å². The van der Waals surface area contributed by atoms with Gasteiger partial charge in [-0.1, -0.05) is 30.3 Å². The number of amides is 2. The monoisotopic (exact) mass is 429 g/mol. The molecule has 0 aliphatic carbocycles. The summed E-state index contributed by atoms with van der Waals surface area (Å²) in [5, 5.41) is 1.94. The van der Waals surface area contributed by atoms with Crippen LogP contribution in [0.4, 0.5) is 0 Å². The van der Waals surface area contributed by atoms with E-state index in [-0.39, 0.29) is 11.9 Å². The number of fused-ring (bicyclic) bond motifs is 2. The van der Waals surface area contributed by atoms with Crippen LogP contribution in [-0.2, 0) is 6.42 Å². The zero-order valence-electron chi connectivity index (χ0n) is 17.1. The number of carbonyl (C=O) groups excluding carboxylic acids is 2. The molecule has 1 unspecified atom stereocenters. The number of hydrogen-bond donors (Lipinski definition) is 1. The summed E-state index contributed by atoms with van der Waals surface area (Å²) in [6.07, 6.45) is 5.35. The van der Waals surface area contributed by atoms with Crippen molar-refractivity contribution in [2.75, 3.05) is 6.54 Å². The minimum atomic E-state index is -0.398. The quantitative estimate of drug-likeness (QED) is 0.507. The summed E-state index contributed by atoms with van der Waals surface area (Å²) >= 11 is 1.44. The number of thiophene rings is 1. The van der Waals surface area contributed by atoms with E-state index in [0.29, 0.717) is 23.4 Å². The molecule has 5 rings (SSSR count). The van der Waals surface area contributed by atoms with E-state index in [2.05, 4.69) is 4.98 Å². The first-order valence-corrected chi connectivity index (χ1v) is 11.4. The SMILES string of the molecule is NC(=O)c1sc2ccccc2c1CC1CCCCN1C(=O)c1cccc2ncccc12. The van der Waals surface area contributed by atoms with Gasteiger partial charge in [-0.2, -0.15) is 0 Å². The van der Waals surface area contributed by atoms with Crippen LogP contribution < -0.4 is 5.73 Å². The summed E-state index contributed by atoms with van der Waals surface area (Å²) in [5.74, 6) is -0.367. The molecule has 4 aromatic rings. The Bertz CT molecular complexity index is 1290. The number of hydrogen-bond acceptors (Lipinski definition) is 4. The second kappa shape index (κ2) is 8.12. The molecule has 156 valence electrons. The van der Waals surface area contributed by atoms with Crippen molar-refractivity contribution in [3.8, 4) is 0 Å². The predicted octanol–water partition coefficient (Wildman–Crippen LogP) is 4.79. The molecule has 2 amide bonds. The van der Waals surface area contributed by atoms with Crippen LogP contribution in [0.1, 0.15) is 44.9 Å². The lowest BCUT2D eigenvalue weighted by molar-refractivity contribution is 0.0616. The van der Waals surface area contributed by atoms with Crippen molar-refractivity contribution in [2.24, 2.45) is 5.73 Å². The summed E-state index contributed by atoms with van der Waals surface area (Å²) in [5.41, 5.74) is 8.19. The van der Waals surface area contributed by atoms with Crippen LogP contribution in [-0.4, -0.2) is 34.3 Å². The maximum Gasteiger partial charge on any atom is 0.259 e. The van der Waals surface area contributed by atoms with E-state index in [4.69, 9.17) is 5.73 Å².